The molecule has 0 aliphatic carbocycles. The molecule has 0 bridgehead atoms. The third-order valence-corrected chi connectivity index (χ3v) is 6.46. The van der Waals surface area contributed by atoms with Crippen LogP contribution in [0.2, 0.25) is 0 Å². The topological polar surface area (TPSA) is 23.5 Å². The molecule has 2 unspecified atom stereocenters. The maximum atomic E-state index is 9.57. The lowest BCUT2D eigenvalue weighted by atomic mass is 9.74. The highest BCUT2D eigenvalue weighted by Gasteiger charge is 2.32. The lowest BCUT2D eigenvalue weighted by molar-refractivity contribution is 0.0371. The summed E-state index contributed by atoms with van der Waals surface area (Å²) in [5.41, 5.74) is 0.0980. The van der Waals surface area contributed by atoms with Crippen LogP contribution in [0, 0.1) is 23.2 Å². The second kappa shape index (κ2) is 10.8. The molecular weight excluding hydrogens is 294 g/mol. The lowest BCUT2D eigenvalue weighted by Crippen LogP contribution is -2.43. The molecule has 1 heterocycles. The summed E-state index contributed by atoms with van der Waals surface area (Å²) in [5.74, 6) is 2.44. The van der Waals surface area contributed by atoms with Gasteiger partial charge in [0.1, 0.15) is 0 Å². The van der Waals surface area contributed by atoms with Crippen molar-refractivity contribution in [1.29, 1.82) is 0 Å². The first-order valence-electron chi connectivity index (χ1n) is 10.6. The van der Waals surface area contributed by atoms with Crippen LogP contribution in [0.1, 0.15) is 92.9 Å². The van der Waals surface area contributed by atoms with Gasteiger partial charge in [-0.3, -0.25) is 0 Å². The molecule has 1 aliphatic heterocycles. The van der Waals surface area contributed by atoms with Gasteiger partial charge in [-0.25, -0.2) is 0 Å². The third kappa shape index (κ3) is 7.87. The highest BCUT2D eigenvalue weighted by Crippen LogP contribution is 2.35. The molecule has 0 radical (unpaired) electrons. The van der Waals surface area contributed by atoms with Crippen molar-refractivity contribution in [2.24, 2.45) is 23.2 Å². The molecule has 0 aromatic rings. The zero-order valence-corrected chi connectivity index (χ0v) is 17.5. The number of nitrogens with zero attached hydrogens (tertiary/aromatic N) is 1. The predicted octanol–water partition coefficient (Wildman–Crippen LogP) is 5.74. The van der Waals surface area contributed by atoms with E-state index < -0.39 is 0 Å². The zero-order chi connectivity index (χ0) is 18.2. The Balaban J connectivity index is 2.17. The van der Waals surface area contributed by atoms with Gasteiger partial charge >= 0.3 is 0 Å². The molecule has 1 rings (SSSR count). The van der Waals surface area contributed by atoms with Gasteiger partial charge in [0.15, 0.2) is 0 Å². The van der Waals surface area contributed by atoms with Crippen LogP contribution in [0.25, 0.3) is 0 Å². The monoisotopic (exact) mass is 339 g/mol. The minimum atomic E-state index is 0.0980. The molecule has 144 valence electrons. The Morgan fingerprint density at radius 3 is 1.96 bits per heavy atom. The highest BCUT2D eigenvalue weighted by molar-refractivity contribution is 4.84. The molecule has 0 aromatic carbocycles. The zero-order valence-electron chi connectivity index (χ0n) is 17.5. The average molecular weight is 340 g/mol. The van der Waals surface area contributed by atoms with Crippen LogP contribution in [0.4, 0.5) is 0 Å². The summed E-state index contributed by atoms with van der Waals surface area (Å²) in [4.78, 5) is 2.69. The summed E-state index contributed by atoms with van der Waals surface area (Å²) in [7, 11) is 0. The van der Waals surface area contributed by atoms with Crippen molar-refractivity contribution >= 4 is 0 Å². The standard InChI is InChI=1S/C22H45NO/c1-18(2)9-7-10-19(3)11-8-12-20(4)23-15-13-21(14-16-23)22(5,6)17-24/h18-21,24H,7-17H2,1-6H3. The Labute approximate surface area is 152 Å². The number of likely N-dealkylation sites (tertiary alicyclic amines) is 1. The smallest absolute Gasteiger partial charge is 0.0484 e. The van der Waals surface area contributed by atoms with Crippen LogP contribution in [0.15, 0.2) is 0 Å². The van der Waals surface area contributed by atoms with Crippen LogP contribution >= 0.6 is 0 Å². The van der Waals surface area contributed by atoms with Gasteiger partial charge in [-0.05, 0) is 62.4 Å². The van der Waals surface area contributed by atoms with Crippen molar-refractivity contribution in [3.63, 3.8) is 0 Å². The summed E-state index contributed by atoms with van der Waals surface area (Å²) >= 11 is 0. The molecule has 0 spiro atoms. The Morgan fingerprint density at radius 1 is 0.917 bits per heavy atom. The quantitative estimate of drug-likeness (QED) is 0.519. The van der Waals surface area contributed by atoms with E-state index >= 15 is 0 Å². The second-order valence-corrected chi connectivity index (χ2v) is 9.67. The van der Waals surface area contributed by atoms with E-state index in [0.717, 1.165) is 17.9 Å². The summed E-state index contributed by atoms with van der Waals surface area (Å²) in [6.45, 7) is 16.7. The van der Waals surface area contributed by atoms with E-state index in [1.165, 1.54) is 64.5 Å². The number of hydrogen-bond acceptors (Lipinski definition) is 2. The first-order chi connectivity index (χ1) is 11.3. The normalized spacial score (nSPS) is 20.5. The number of rotatable bonds is 11. The second-order valence-electron chi connectivity index (χ2n) is 9.67. The van der Waals surface area contributed by atoms with Crippen LogP contribution in [-0.4, -0.2) is 35.7 Å². The third-order valence-electron chi connectivity index (χ3n) is 6.46. The maximum absolute atomic E-state index is 9.57. The minimum Gasteiger partial charge on any atom is -0.396 e. The molecule has 0 saturated carbocycles. The van der Waals surface area contributed by atoms with Crippen LogP contribution < -0.4 is 0 Å². The van der Waals surface area contributed by atoms with Crippen molar-refractivity contribution in [3.8, 4) is 0 Å². The molecular formula is C22H45NO. The van der Waals surface area contributed by atoms with Crippen molar-refractivity contribution in [1.82, 2.24) is 4.90 Å². The van der Waals surface area contributed by atoms with Gasteiger partial charge in [-0.15, -0.1) is 0 Å². The molecule has 2 heteroatoms. The molecule has 1 N–H and O–H groups in total. The molecule has 0 aromatic heterocycles. The van der Waals surface area contributed by atoms with Gasteiger partial charge in [0.2, 0.25) is 0 Å². The van der Waals surface area contributed by atoms with Gasteiger partial charge in [-0.1, -0.05) is 66.7 Å². The molecule has 2 nitrogen and oxygen atoms in total. The molecule has 1 aliphatic rings. The number of piperidine rings is 1. The Morgan fingerprint density at radius 2 is 1.46 bits per heavy atom. The van der Waals surface area contributed by atoms with Crippen LogP contribution in [-0.2, 0) is 0 Å². The molecule has 2 atom stereocenters. The van der Waals surface area contributed by atoms with E-state index in [0.29, 0.717) is 12.5 Å². The average Bonchev–Trinajstić information content (AvgIpc) is 2.54. The molecule has 1 saturated heterocycles. The number of aliphatic hydroxyl groups excluding tert-OH is 1. The maximum Gasteiger partial charge on any atom is 0.0484 e. The summed E-state index contributed by atoms with van der Waals surface area (Å²) < 4.78 is 0. The SMILES string of the molecule is CC(C)CCCC(C)CCCC(C)N1CCC(C(C)(C)CO)CC1. The van der Waals surface area contributed by atoms with Gasteiger partial charge < -0.3 is 10.0 Å². The first-order valence-corrected chi connectivity index (χ1v) is 10.6. The van der Waals surface area contributed by atoms with E-state index in [4.69, 9.17) is 0 Å². The van der Waals surface area contributed by atoms with Crippen molar-refractivity contribution < 1.29 is 5.11 Å². The van der Waals surface area contributed by atoms with E-state index in [1.54, 1.807) is 0 Å². The molecule has 0 amide bonds. The Bertz CT molecular complexity index is 318. The van der Waals surface area contributed by atoms with Crippen molar-refractivity contribution in [3.05, 3.63) is 0 Å². The Hall–Kier alpha value is -0.0800. The Kier molecular flexibility index (Phi) is 9.89. The fourth-order valence-electron chi connectivity index (χ4n) is 4.21. The summed E-state index contributed by atoms with van der Waals surface area (Å²) in [5, 5.41) is 9.57. The van der Waals surface area contributed by atoms with E-state index in [2.05, 4.69) is 46.4 Å². The summed E-state index contributed by atoms with van der Waals surface area (Å²) in [6.07, 6.45) is 10.8. The highest BCUT2D eigenvalue weighted by atomic mass is 16.3. The first kappa shape index (κ1) is 22.0. The van der Waals surface area contributed by atoms with Crippen molar-refractivity contribution in [2.75, 3.05) is 19.7 Å². The van der Waals surface area contributed by atoms with Gasteiger partial charge in [-0.2, -0.15) is 0 Å². The van der Waals surface area contributed by atoms with E-state index in [1.807, 2.05) is 0 Å². The summed E-state index contributed by atoms with van der Waals surface area (Å²) in [6, 6.07) is 0.728. The van der Waals surface area contributed by atoms with Crippen LogP contribution in [0.5, 0.6) is 0 Å². The predicted molar refractivity (Wildman–Crippen MR) is 106 cm³/mol. The van der Waals surface area contributed by atoms with Crippen LogP contribution in [0.3, 0.4) is 0 Å². The molecule has 24 heavy (non-hydrogen) atoms. The van der Waals surface area contributed by atoms with Gasteiger partial charge in [0.05, 0.1) is 0 Å². The minimum absolute atomic E-state index is 0.0980. The van der Waals surface area contributed by atoms with Crippen molar-refractivity contribution in [2.45, 2.75) is 99.0 Å². The van der Waals surface area contributed by atoms with Gasteiger partial charge in [0, 0.05) is 12.6 Å². The fraction of sp³-hybridized carbons (Fsp3) is 1.00. The van der Waals surface area contributed by atoms with E-state index in [-0.39, 0.29) is 5.41 Å². The largest absolute Gasteiger partial charge is 0.396 e. The number of hydrogen-bond donors (Lipinski definition) is 1. The van der Waals surface area contributed by atoms with E-state index in [9.17, 15) is 5.11 Å². The van der Waals surface area contributed by atoms with Gasteiger partial charge in [0.25, 0.3) is 0 Å². The fourth-order valence-corrected chi connectivity index (χ4v) is 4.21. The lowest BCUT2D eigenvalue weighted by Gasteiger charge is -2.42. The molecule has 1 fully saturated rings. The number of aliphatic hydroxyl groups is 1.